The zero-order valence-corrected chi connectivity index (χ0v) is 14.1. The maximum atomic E-state index is 12.1. The van der Waals surface area contributed by atoms with Crippen molar-refractivity contribution in [2.75, 3.05) is 12.4 Å². The topological polar surface area (TPSA) is 46.2 Å². The third-order valence-corrected chi connectivity index (χ3v) is 5.45. The van der Waals surface area contributed by atoms with Crippen LogP contribution in [0.1, 0.15) is 6.92 Å². The van der Waals surface area contributed by atoms with Crippen LogP contribution in [-0.2, 0) is 10.0 Å². The molecule has 102 valence electrons. The minimum atomic E-state index is -3.74. The number of hydrogen-bond donors (Lipinski definition) is 1. The zero-order chi connectivity index (χ0) is 13.9. The Morgan fingerprint density at radius 3 is 2.28 bits per heavy atom. The lowest BCUT2D eigenvalue weighted by atomic mass is 10.2. The van der Waals surface area contributed by atoms with Crippen molar-refractivity contribution in [3.8, 4) is 0 Å². The highest BCUT2D eigenvalue weighted by molar-refractivity contribution is 9.10. The Hall–Kier alpha value is 0.480. The fraction of sp³-hybridized carbons (Fsp3) is 0.400. The van der Waals surface area contributed by atoms with Gasteiger partial charge in [-0.05, 0) is 18.1 Å². The maximum Gasteiger partial charge on any atom is 0.243 e. The quantitative estimate of drug-likeness (QED) is 0.769. The molecule has 1 rings (SSSR count). The highest BCUT2D eigenvalue weighted by atomic mass is 79.9. The number of benzene rings is 1. The number of sulfonamides is 1. The maximum absolute atomic E-state index is 12.1. The molecule has 8 heteroatoms. The third-order valence-electron chi connectivity index (χ3n) is 2.12. The van der Waals surface area contributed by atoms with Gasteiger partial charge in [-0.15, -0.1) is 11.6 Å². The molecule has 3 nitrogen and oxygen atoms in total. The Kier molecular flexibility index (Phi) is 6.22. The van der Waals surface area contributed by atoms with Gasteiger partial charge in [-0.3, -0.25) is 0 Å². The number of nitrogens with one attached hydrogen (secondary N) is 1. The van der Waals surface area contributed by atoms with Gasteiger partial charge in [0.05, 0.1) is 10.0 Å². The lowest BCUT2D eigenvalue weighted by Gasteiger charge is -2.12. The Balaban J connectivity index is 3.06. The molecule has 1 aromatic carbocycles. The van der Waals surface area contributed by atoms with E-state index in [-0.39, 0.29) is 27.4 Å². The average Bonchev–Trinajstić information content (AvgIpc) is 2.24. The van der Waals surface area contributed by atoms with Crippen LogP contribution >= 0.6 is 50.7 Å². The van der Waals surface area contributed by atoms with E-state index in [1.165, 1.54) is 12.1 Å². The fourth-order valence-corrected chi connectivity index (χ4v) is 4.37. The highest BCUT2D eigenvalue weighted by Gasteiger charge is 2.22. The molecular formula is C10H11BrCl3NO2S. The monoisotopic (exact) mass is 393 g/mol. The van der Waals surface area contributed by atoms with Crippen molar-refractivity contribution < 1.29 is 8.42 Å². The minimum absolute atomic E-state index is 0.0226. The third kappa shape index (κ3) is 4.25. The van der Waals surface area contributed by atoms with E-state index in [9.17, 15) is 8.42 Å². The zero-order valence-electron chi connectivity index (χ0n) is 9.38. The smallest absolute Gasteiger partial charge is 0.211 e. The first-order chi connectivity index (χ1) is 8.27. The van der Waals surface area contributed by atoms with Gasteiger partial charge in [-0.2, -0.15) is 0 Å². The largest absolute Gasteiger partial charge is 0.243 e. The molecule has 18 heavy (non-hydrogen) atoms. The second-order valence-corrected chi connectivity index (χ2v) is 7.55. The summed E-state index contributed by atoms with van der Waals surface area (Å²) in [7, 11) is -3.74. The summed E-state index contributed by atoms with van der Waals surface area (Å²) in [6.07, 6.45) is 0. The van der Waals surface area contributed by atoms with Crippen molar-refractivity contribution in [3.63, 3.8) is 0 Å². The van der Waals surface area contributed by atoms with Crippen molar-refractivity contribution in [2.24, 2.45) is 5.92 Å². The number of halogens is 4. The van der Waals surface area contributed by atoms with E-state index in [1.807, 2.05) is 6.92 Å². The summed E-state index contributed by atoms with van der Waals surface area (Å²) >= 11 is 20.6. The molecule has 0 saturated carbocycles. The van der Waals surface area contributed by atoms with Gasteiger partial charge >= 0.3 is 0 Å². The second-order valence-electron chi connectivity index (χ2n) is 3.81. The van der Waals surface area contributed by atoms with Gasteiger partial charge in [0.1, 0.15) is 4.90 Å². The van der Waals surface area contributed by atoms with Crippen LogP contribution in [0, 0.1) is 5.92 Å². The summed E-state index contributed by atoms with van der Waals surface area (Å²) in [6.45, 7) is 2.06. The molecule has 0 fully saturated rings. The predicted octanol–water partition coefficient (Wildman–Crippen LogP) is 3.91. The lowest BCUT2D eigenvalue weighted by molar-refractivity contribution is 0.562. The fourth-order valence-electron chi connectivity index (χ4n) is 1.16. The number of rotatable bonds is 5. The van der Waals surface area contributed by atoms with Crippen molar-refractivity contribution in [1.82, 2.24) is 4.72 Å². The van der Waals surface area contributed by atoms with Crippen LogP contribution in [0.2, 0.25) is 10.0 Å². The highest BCUT2D eigenvalue weighted by Crippen LogP contribution is 2.32. The molecule has 1 atom stereocenters. The van der Waals surface area contributed by atoms with Crippen LogP contribution in [-0.4, -0.2) is 20.8 Å². The molecule has 0 aliphatic rings. The molecule has 1 N–H and O–H groups in total. The molecule has 1 aromatic rings. The van der Waals surface area contributed by atoms with E-state index in [4.69, 9.17) is 34.8 Å². The van der Waals surface area contributed by atoms with E-state index in [0.29, 0.717) is 10.4 Å². The van der Waals surface area contributed by atoms with Gasteiger partial charge in [-0.25, -0.2) is 13.1 Å². The van der Waals surface area contributed by atoms with Crippen LogP contribution in [0.25, 0.3) is 0 Å². The Morgan fingerprint density at radius 1 is 1.33 bits per heavy atom. The minimum Gasteiger partial charge on any atom is -0.211 e. The number of alkyl halides is 1. The summed E-state index contributed by atoms with van der Waals surface area (Å²) in [5.74, 6) is 0.388. The summed E-state index contributed by atoms with van der Waals surface area (Å²) in [5.41, 5.74) is 0. The van der Waals surface area contributed by atoms with Crippen LogP contribution in [0.5, 0.6) is 0 Å². The molecule has 0 bridgehead atoms. The summed E-state index contributed by atoms with van der Waals surface area (Å²) in [6, 6.07) is 2.96. The first-order valence-electron chi connectivity index (χ1n) is 4.98. The molecule has 1 unspecified atom stereocenters. The number of hydrogen-bond acceptors (Lipinski definition) is 2. The molecule has 0 aromatic heterocycles. The van der Waals surface area contributed by atoms with Crippen molar-refractivity contribution in [2.45, 2.75) is 11.8 Å². The van der Waals surface area contributed by atoms with Crippen LogP contribution in [0.4, 0.5) is 0 Å². The molecule has 0 aliphatic carbocycles. The second kappa shape index (κ2) is 6.77. The lowest BCUT2D eigenvalue weighted by Crippen LogP contribution is -2.29. The molecule has 0 heterocycles. The predicted molar refractivity (Wildman–Crippen MR) is 79.2 cm³/mol. The molecule has 0 amide bonds. The van der Waals surface area contributed by atoms with Crippen LogP contribution in [0.3, 0.4) is 0 Å². The summed E-state index contributed by atoms with van der Waals surface area (Å²) in [5, 5.41) is 0.140. The normalized spacial score (nSPS) is 13.6. The SMILES string of the molecule is CC(CCl)CNS(=O)(=O)c1c(Cl)cc(Br)cc1Cl. The van der Waals surface area contributed by atoms with Gasteiger partial charge in [0.15, 0.2) is 0 Å². The van der Waals surface area contributed by atoms with Gasteiger partial charge in [0.2, 0.25) is 10.0 Å². The van der Waals surface area contributed by atoms with E-state index < -0.39 is 10.0 Å². The Labute approximate surface area is 130 Å². The van der Waals surface area contributed by atoms with E-state index in [2.05, 4.69) is 20.7 Å². The summed E-state index contributed by atoms with van der Waals surface area (Å²) < 4.78 is 27.2. The van der Waals surface area contributed by atoms with Crippen molar-refractivity contribution >= 4 is 60.8 Å². The van der Waals surface area contributed by atoms with Crippen LogP contribution < -0.4 is 4.72 Å². The van der Waals surface area contributed by atoms with Gasteiger partial charge in [-0.1, -0.05) is 46.1 Å². The Morgan fingerprint density at radius 2 is 1.83 bits per heavy atom. The average molecular weight is 396 g/mol. The van der Waals surface area contributed by atoms with E-state index >= 15 is 0 Å². The van der Waals surface area contributed by atoms with Crippen molar-refractivity contribution in [3.05, 3.63) is 26.7 Å². The van der Waals surface area contributed by atoms with Gasteiger partial charge in [0, 0.05) is 16.9 Å². The van der Waals surface area contributed by atoms with E-state index in [0.717, 1.165) is 0 Å². The molecular weight excluding hydrogens is 384 g/mol. The standard InChI is InChI=1S/C10H11BrCl3NO2S/c1-6(4-12)5-15-18(16,17)10-8(13)2-7(11)3-9(10)14/h2-3,6,15H,4-5H2,1H3. The first kappa shape index (κ1) is 16.5. The van der Waals surface area contributed by atoms with Crippen molar-refractivity contribution in [1.29, 1.82) is 0 Å². The van der Waals surface area contributed by atoms with Crippen LogP contribution in [0.15, 0.2) is 21.5 Å². The molecule has 0 spiro atoms. The van der Waals surface area contributed by atoms with Gasteiger partial charge < -0.3 is 0 Å². The van der Waals surface area contributed by atoms with E-state index in [1.54, 1.807) is 0 Å². The Bertz CT molecular complexity index is 513. The molecule has 0 radical (unpaired) electrons. The molecule has 0 saturated heterocycles. The van der Waals surface area contributed by atoms with Gasteiger partial charge in [0.25, 0.3) is 0 Å². The summed E-state index contributed by atoms with van der Waals surface area (Å²) in [4.78, 5) is -0.115. The molecule has 0 aliphatic heterocycles. The first-order valence-corrected chi connectivity index (χ1v) is 8.54.